The van der Waals surface area contributed by atoms with Crippen molar-refractivity contribution in [3.63, 3.8) is 0 Å². The number of hydrazone groups is 1. The van der Waals surface area contributed by atoms with E-state index < -0.39 is 0 Å². The zero-order chi connectivity index (χ0) is 12.2. The predicted octanol–water partition coefficient (Wildman–Crippen LogP) is 3.60. The van der Waals surface area contributed by atoms with Crippen molar-refractivity contribution in [1.29, 1.82) is 0 Å². The Kier molecular flexibility index (Phi) is 2.84. The van der Waals surface area contributed by atoms with Crippen LogP contribution in [0.25, 0.3) is 0 Å². The lowest BCUT2D eigenvalue weighted by molar-refractivity contribution is 0.733. The first-order chi connectivity index (χ1) is 8.93. The first-order valence-electron chi connectivity index (χ1n) is 5.78. The van der Waals surface area contributed by atoms with Crippen LogP contribution in [0.3, 0.4) is 0 Å². The molecule has 2 aromatic carbocycles. The topological polar surface area (TPSA) is 40.3 Å². The highest BCUT2D eigenvalue weighted by molar-refractivity contribution is 5.69. The molecule has 4 nitrogen and oxygen atoms in total. The van der Waals surface area contributed by atoms with Crippen LogP contribution < -0.4 is 5.12 Å². The molecule has 88 valence electrons. The maximum atomic E-state index is 4.31. The van der Waals surface area contributed by atoms with Crippen LogP contribution in [0.4, 0.5) is 5.69 Å². The van der Waals surface area contributed by atoms with Crippen molar-refractivity contribution in [2.24, 2.45) is 15.4 Å². The highest BCUT2D eigenvalue weighted by Gasteiger charge is 2.13. The fourth-order valence-electron chi connectivity index (χ4n) is 1.77. The van der Waals surface area contributed by atoms with Crippen LogP contribution in [0.1, 0.15) is 11.6 Å². The van der Waals surface area contributed by atoms with Gasteiger partial charge in [-0.05, 0) is 22.9 Å². The second-order valence-electron chi connectivity index (χ2n) is 3.95. The zero-order valence-electron chi connectivity index (χ0n) is 9.72. The molecule has 0 saturated carbocycles. The minimum Gasteiger partial charge on any atom is -0.159 e. The van der Waals surface area contributed by atoms with Gasteiger partial charge < -0.3 is 0 Å². The monoisotopic (exact) mass is 236 g/mol. The highest BCUT2D eigenvalue weighted by atomic mass is 15.7. The molecule has 0 N–H and O–H groups in total. The lowest BCUT2D eigenvalue weighted by atomic mass is 10.1. The Morgan fingerprint density at radius 1 is 0.833 bits per heavy atom. The molecule has 2 aromatic rings. The second kappa shape index (κ2) is 4.79. The smallest absolute Gasteiger partial charge is 0.135 e. The number of anilines is 1. The van der Waals surface area contributed by atoms with Gasteiger partial charge in [0.15, 0.2) is 0 Å². The molecule has 0 spiro atoms. The quantitative estimate of drug-likeness (QED) is 0.785. The lowest BCUT2D eigenvalue weighted by Gasteiger charge is -2.17. The molecule has 0 aliphatic carbocycles. The van der Waals surface area contributed by atoms with E-state index in [4.69, 9.17) is 0 Å². The van der Waals surface area contributed by atoms with Gasteiger partial charge >= 0.3 is 0 Å². The van der Waals surface area contributed by atoms with E-state index in [1.807, 2.05) is 60.7 Å². The molecule has 3 rings (SSSR count). The van der Waals surface area contributed by atoms with Crippen molar-refractivity contribution in [3.8, 4) is 0 Å². The van der Waals surface area contributed by atoms with Crippen LogP contribution in [0, 0.1) is 0 Å². The molecule has 0 fully saturated rings. The van der Waals surface area contributed by atoms with Gasteiger partial charge in [0.05, 0.1) is 11.9 Å². The Balaban J connectivity index is 1.79. The maximum absolute atomic E-state index is 4.31. The minimum absolute atomic E-state index is 0.0915. The summed E-state index contributed by atoms with van der Waals surface area (Å²) >= 11 is 0. The van der Waals surface area contributed by atoms with Gasteiger partial charge in [-0.25, -0.2) is 0 Å². The molecule has 0 aromatic heterocycles. The third kappa shape index (κ3) is 2.13. The van der Waals surface area contributed by atoms with E-state index in [0.29, 0.717) is 0 Å². The Hall–Kier alpha value is -2.49. The summed E-state index contributed by atoms with van der Waals surface area (Å²) in [5.74, 6) is 0. The lowest BCUT2D eigenvalue weighted by Crippen LogP contribution is -2.14. The Bertz CT molecular complexity index is 497. The average Bonchev–Trinajstić information content (AvgIpc) is 2.49. The number of benzene rings is 2. The van der Waals surface area contributed by atoms with Gasteiger partial charge in [0.2, 0.25) is 0 Å². The SMILES string of the molecule is C1=NN(c2ccccc2)N=NC1c1ccccc1. The van der Waals surface area contributed by atoms with Gasteiger partial charge in [-0.3, -0.25) is 0 Å². The van der Waals surface area contributed by atoms with Crippen LogP contribution in [0.2, 0.25) is 0 Å². The molecule has 1 unspecified atom stereocenters. The molecule has 18 heavy (non-hydrogen) atoms. The van der Waals surface area contributed by atoms with Crippen LogP contribution in [0.5, 0.6) is 0 Å². The summed E-state index contributed by atoms with van der Waals surface area (Å²) in [7, 11) is 0. The van der Waals surface area contributed by atoms with Crippen LogP contribution in [-0.4, -0.2) is 6.21 Å². The number of hydrogen-bond acceptors (Lipinski definition) is 4. The van der Waals surface area contributed by atoms with Gasteiger partial charge in [0, 0.05) is 0 Å². The van der Waals surface area contributed by atoms with Gasteiger partial charge in [-0.15, -0.1) is 5.12 Å². The van der Waals surface area contributed by atoms with Crippen molar-refractivity contribution in [2.45, 2.75) is 6.04 Å². The summed E-state index contributed by atoms with van der Waals surface area (Å²) in [6.07, 6.45) is 1.80. The van der Waals surface area contributed by atoms with E-state index >= 15 is 0 Å². The number of hydrogen-bond donors (Lipinski definition) is 0. The molecule has 1 aliphatic heterocycles. The van der Waals surface area contributed by atoms with Gasteiger partial charge in [-0.2, -0.15) is 10.2 Å². The first kappa shape index (κ1) is 10.7. The number of rotatable bonds is 2. The molecule has 1 aliphatic rings. The summed E-state index contributed by atoms with van der Waals surface area (Å²) in [6, 6.07) is 19.7. The summed E-state index contributed by atoms with van der Waals surface area (Å²) in [4.78, 5) is 0. The van der Waals surface area contributed by atoms with Crippen LogP contribution in [0.15, 0.2) is 76.1 Å². The van der Waals surface area contributed by atoms with E-state index in [9.17, 15) is 0 Å². The molecule has 0 amide bonds. The largest absolute Gasteiger partial charge is 0.159 e. The van der Waals surface area contributed by atoms with E-state index in [2.05, 4.69) is 15.4 Å². The van der Waals surface area contributed by atoms with Crippen molar-refractivity contribution in [3.05, 3.63) is 66.2 Å². The predicted molar refractivity (Wildman–Crippen MR) is 71.5 cm³/mol. The average molecular weight is 236 g/mol. The van der Waals surface area contributed by atoms with Crippen molar-refractivity contribution >= 4 is 11.9 Å². The van der Waals surface area contributed by atoms with Gasteiger partial charge in [0.1, 0.15) is 6.04 Å². The standard InChI is InChI=1S/C14H12N4/c1-3-7-12(8-4-1)14-11-15-18(17-16-14)13-9-5-2-6-10-13/h1-11,14H. The third-order valence-corrected chi connectivity index (χ3v) is 2.71. The summed E-state index contributed by atoms with van der Waals surface area (Å²) in [5.41, 5.74) is 2.00. The van der Waals surface area contributed by atoms with Gasteiger partial charge in [0.25, 0.3) is 0 Å². The molecular formula is C14H12N4. The summed E-state index contributed by atoms with van der Waals surface area (Å²) in [5, 5.41) is 14.2. The molecule has 1 heterocycles. The van der Waals surface area contributed by atoms with Crippen molar-refractivity contribution < 1.29 is 0 Å². The normalized spacial score (nSPS) is 18.0. The third-order valence-electron chi connectivity index (χ3n) is 2.71. The number of nitrogens with zero attached hydrogens (tertiary/aromatic N) is 4. The van der Waals surface area contributed by atoms with Crippen molar-refractivity contribution in [1.82, 2.24) is 0 Å². The van der Waals surface area contributed by atoms with Crippen LogP contribution in [-0.2, 0) is 0 Å². The molecule has 4 heteroatoms. The fraction of sp³-hybridized carbons (Fsp3) is 0.0714. The first-order valence-corrected chi connectivity index (χ1v) is 5.78. The summed E-state index contributed by atoms with van der Waals surface area (Å²) in [6.45, 7) is 0. The Morgan fingerprint density at radius 2 is 1.50 bits per heavy atom. The zero-order valence-corrected chi connectivity index (χ0v) is 9.72. The molecule has 1 atom stereocenters. The van der Waals surface area contributed by atoms with Crippen molar-refractivity contribution in [2.75, 3.05) is 5.12 Å². The van der Waals surface area contributed by atoms with E-state index in [1.54, 1.807) is 6.21 Å². The van der Waals surface area contributed by atoms with E-state index in [0.717, 1.165) is 11.3 Å². The second-order valence-corrected chi connectivity index (χ2v) is 3.95. The minimum atomic E-state index is -0.0915. The number of para-hydroxylation sites is 1. The van der Waals surface area contributed by atoms with Crippen LogP contribution >= 0.6 is 0 Å². The van der Waals surface area contributed by atoms with E-state index in [1.165, 1.54) is 5.12 Å². The molecule has 0 radical (unpaired) electrons. The fourth-order valence-corrected chi connectivity index (χ4v) is 1.77. The molecule has 0 saturated heterocycles. The van der Waals surface area contributed by atoms with Gasteiger partial charge in [-0.1, -0.05) is 48.5 Å². The van der Waals surface area contributed by atoms with E-state index in [-0.39, 0.29) is 6.04 Å². The maximum Gasteiger partial charge on any atom is 0.135 e. The summed E-state index contributed by atoms with van der Waals surface area (Å²) < 4.78 is 0. The Morgan fingerprint density at radius 3 is 2.11 bits per heavy atom. The molecule has 0 bridgehead atoms. The Labute approximate surface area is 105 Å². The highest BCUT2D eigenvalue weighted by Crippen LogP contribution is 2.22. The molecular weight excluding hydrogens is 224 g/mol.